The van der Waals surface area contributed by atoms with Gasteiger partial charge < -0.3 is 0 Å². The Balaban J connectivity index is 2.11. The number of Topliss-reactive ketones (excluding diaryl/α,β-unsaturated/α-hetero) is 3. The molecule has 0 aromatic carbocycles. The molecular formula is C13H18O3S. The Morgan fingerprint density at radius 3 is 2.18 bits per heavy atom. The molecule has 2 rings (SSSR count). The highest BCUT2D eigenvalue weighted by Crippen LogP contribution is 2.56. The number of rotatable bonds is 4. The summed E-state index contributed by atoms with van der Waals surface area (Å²) >= 11 is 1.77. The lowest BCUT2D eigenvalue weighted by molar-refractivity contribution is -0.143. The topological polar surface area (TPSA) is 51.2 Å². The molecule has 0 atom stereocenters. The Morgan fingerprint density at radius 2 is 1.82 bits per heavy atom. The first-order chi connectivity index (χ1) is 8.04. The monoisotopic (exact) mass is 254 g/mol. The van der Waals surface area contributed by atoms with Crippen molar-refractivity contribution >= 4 is 29.1 Å². The van der Waals surface area contributed by atoms with Crippen LogP contribution in [-0.4, -0.2) is 28.4 Å². The molecule has 2 saturated carbocycles. The fourth-order valence-corrected chi connectivity index (χ4v) is 3.82. The Bertz CT molecular complexity index is 353. The average Bonchev–Trinajstić information content (AvgIpc) is 3.08. The van der Waals surface area contributed by atoms with Crippen LogP contribution in [0.1, 0.15) is 39.0 Å². The van der Waals surface area contributed by atoms with E-state index in [0.29, 0.717) is 12.8 Å². The molecule has 0 radical (unpaired) electrons. The van der Waals surface area contributed by atoms with Crippen molar-refractivity contribution in [3.05, 3.63) is 0 Å². The van der Waals surface area contributed by atoms with E-state index in [1.54, 1.807) is 18.7 Å². The largest absolute Gasteiger partial charge is 0.298 e. The summed E-state index contributed by atoms with van der Waals surface area (Å²) < 4.78 is 0.158. The highest BCUT2D eigenvalue weighted by molar-refractivity contribution is 8.00. The lowest BCUT2D eigenvalue weighted by Crippen LogP contribution is -2.41. The second-order valence-corrected chi connectivity index (χ2v) is 6.28. The van der Waals surface area contributed by atoms with Crippen molar-refractivity contribution in [2.24, 2.45) is 11.8 Å². The SMILES string of the molecule is CCC(=O)C1C(=O)CC(C2(SC)CC2)CC1=O. The van der Waals surface area contributed by atoms with Gasteiger partial charge in [0.1, 0.15) is 5.92 Å². The number of carbonyl (C=O) groups excluding carboxylic acids is 3. The first-order valence-corrected chi connectivity index (χ1v) is 7.40. The zero-order valence-electron chi connectivity index (χ0n) is 10.3. The molecule has 94 valence electrons. The number of carbonyl (C=O) groups is 3. The molecule has 4 heteroatoms. The molecule has 0 saturated heterocycles. The van der Waals surface area contributed by atoms with Crippen LogP contribution >= 0.6 is 11.8 Å². The molecule has 0 unspecified atom stereocenters. The number of hydrogen-bond donors (Lipinski definition) is 0. The Labute approximate surface area is 106 Å². The van der Waals surface area contributed by atoms with Gasteiger partial charge in [-0.1, -0.05) is 6.92 Å². The van der Waals surface area contributed by atoms with Crippen molar-refractivity contribution in [1.29, 1.82) is 0 Å². The molecule has 2 aliphatic rings. The van der Waals surface area contributed by atoms with Gasteiger partial charge in [-0.25, -0.2) is 0 Å². The Hall–Kier alpha value is -0.640. The fraction of sp³-hybridized carbons (Fsp3) is 0.769. The maximum Gasteiger partial charge on any atom is 0.151 e. The van der Waals surface area contributed by atoms with Crippen LogP contribution in [0.4, 0.5) is 0 Å². The van der Waals surface area contributed by atoms with Gasteiger partial charge in [0, 0.05) is 24.0 Å². The minimum absolute atomic E-state index is 0.140. The normalized spacial score (nSPS) is 31.4. The fourth-order valence-electron chi connectivity index (χ4n) is 2.81. The van der Waals surface area contributed by atoms with Crippen molar-refractivity contribution in [3.63, 3.8) is 0 Å². The molecular weight excluding hydrogens is 236 g/mol. The van der Waals surface area contributed by atoms with Crippen LogP contribution in [0.25, 0.3) is 0 Å². The lowest BCUT2D eigenvalue weighted by atomic mass is 9.75. The van der Waals surface area contributed by atoms with E-state index in [1.165, 1.54) is 0 Å². The maximum absolute atomic E-state index is 12.0. The Kier molecular flexibility index (Phi) is 3.43. The summed E-state index contributed by atoms with van der Waals surface area (Å²) in [5.41, 5.74) is 0. The Morgan fingerprint density at radius 1 is 1.29 bits per heavy atom. The summed E-state index contributed by atoms with van der Waals surface area (Å²) in [6, 6.07) is 0. The van der Waals surface area contributed by atoms with E-state index in [9.17, 15) is 14.4 Å². The van der Waals surface area contributed by atoms with Gasteiger partial charge >= 0.3 is 0 Å². The first-order valence-electron chi connectivity index (χ1n) is 6.17. The third kappa shape index (κ3) is 2.19. The summed E-state index contributed by atoms with van der Waals surface area (Å²) in [5, 5.41) is 0. The molecule has 3 nitrogen and oxygen atoms in total. The molecule has 0 aromatic rings. The standard InChI is InChI=1S/C13H18O3S/c1-3-9(14)12-10(15)6-8(7-11(12)16)13(17-2)4-5-13/h8,12H,3-7H2,1-2H3. The zero-order valence-corrected chi connectivity index (χ0v) is 11.1. The van der Waals surface area contributed by atoms with Gasteiger partial charge in [0.2, 0.25) is 0 Å². The smallest absolute Gasteiger partial charge is 0.151 e. The predicted octanol–water partition coefficient (Wildman–Crippen LogP) is 2.03. The summed E-state index contributed by atoms with van der Waals surface area (Å²) in [7, 11) is 0. The minimum Gasteiger partial charge on any atom is -0.298 e. The van der Waals surface area contributed by atoms with Gasteiger partial charge in [0.15, 0.2) is 17.3 Å². The molecule has 0 spiro atoms. The highest BCUT2D eigenvalue weighted by atomic mass is 32.2. The second kappa shape index (κ2) is 4.56. The quantitative estimate of drug-likeness (QED) is 0.720. The lowest BCUT2D eigenvalue weighted by Gasteiger charge is -2.30. The van der Waals surface area contributed by atoms with E-state index < -0.39 is 5.92 Å². The van der Waals surface area contributed by atoms with Crippen molar-refractivity contribution < 1.29 is 14.4 Å². The summed E-state index contributed by atoms with van der Waals surface area (Å²) in [4.78, 5) is 35.5. The van der Waals surface area contributed by atoms with Crippen LogP contribution < -0.4 is 0 Å². The van der Waals surface area contributed by atoms with Crippen LogP contribution in [0.2, 0.25) is 0 Å². The third-order valence-corrected chi connectivity index (χ3v) is 5.66. The highest BCUT2D eigenvalue weighted by Gasteiger charge is 2.53. The molecule has 0 heterocycles. The van der Waals surface area contributed by atoms with Crippen LogP contribution in [0, 0.1) is 11.8 Å². The van der Waals surface area contributed by atoms with Gasteiger partial charge in [-0.05, 0) is 25.0 Å². The number of thioether (sulfide) groups is 1. The van der Waals surface area contributed by atoms with E-state index in [2.05, 4.69) is 0 Å². The minimum atomic E-state index is -0.936. The summed E-state index contributed by atoms with van der Waals surface area (Å²) in [5.74, 6) is -1.25. The molecule has 2 aliphatic carbocycles. The van der Waals surface area contributed by atoms with Crippen molar-refractivity contribution in [2.75, 3.05) is 6.26 Å². The van der Waals surface area contributed by atoms with E-state index in [1.807, 2.05) is 6.26 Å². The van der Waals surface area contributed by atoms with E-state index in [0.717, 1.165) is 12.8 Å². The predicted molar refractivity (Wildman–Crippen MR) is 67.0 cm³/mol. The van der Waals surface area contributed by atoms with Gasteiger partial charge in [-0.3, -0.25) is 14.4 Å². The van der Waals surface area contributed by atoms with Crippen molar-refractivity contribution in [2.45, 2.75) is 43.8 Å². The van der Waals surface area contributed by atoms with E-state index in [4.69, 9.17) is 0 Å². The molecule has 0 N–H and O–H groups in total. The van der Waals surface area contributed by atoms with Gasteiger partial charge in [0.05, 0.1) is 0 Å². The molecule has 0 amide bonds. The van der Waals surface area contributed by atoms with Crippen molar-refractivity contribution in [3.8, 4) is 0 Å². The summed E-state index contributed by atoms with van der Waals surface area (Å²) in [6.45, 7) is 1.71. The van der Waals surface area contributed by atoms with Crippen molar-refractivity contribution in [1.82, 2.24) is 0 Å². The van der Waals surface area contributed by atoms with E-state index >= 15 is 0 Å². The molecule has 2 fully saturated rings. The van der Waals surface area contributed by atoms with Crippen LogP contribution in [0.3, 0.4) is 0 Å². The van der Waals surface area contributed by atoms with E-state index in [-0.39, 0.29) is 34.4 Å². The van der Waals surface area contributed by atoms with Gasteiger partial charge in [-0.2, -0.15) is 11.8 Å². The van der Waals surface area contributed by atoms with Crippen LogP contribution in [-0.2, 0) is 14.4 Å². The average molecular weight is 254 g/mol. The molecule has 0 aromatic heterocycles. The van der Waals surface area contributed by atoms with Gasteiger partial charge in [-0.15, -0.1) is 0 Å². The summed E-state index contributed by atoms with van der Waals surface area (Å²) in [6.07, 6.45) is 5.37. The molecule has 17 heavy (non-hydrogen) atoms. The molecule has 0 aliphatic heterocycles. The maximum atomic E-state index is 12.0. The van der Waals surface area contributed by atoms with Crippen LogP contribution in [0.15, 0.2) is 0 Å². The molecule has 0 bridgehead atoms. The third-order valence-electron chi connectivity index (χ3n) is 4.10. The number of hydrogen-bond acceptors (Lipinski definition) is 4. The van der Waals surface area contributed by atoms with Gasteiger partial charge in [0.25, 0.3) is 0 Å². The number of ketones is 3. The second-order valence-electron chi connectivity index (χ2n) is 5.06. The van der Waals surface area contributed by atoms with Crippen LogP contribution in [0.5, 0.6) is 0 Å². The zero-order chi connectivity index (χ0) is 12.6. The first kappa shape index (κ1) is 12.8.